The Balaban J connectivity index is 1.51. The zero-order chi connectivity index (χ0) is 17.8. The first-order valence-corrected chi connectivity index (χ1v) is 8.16. The van der Waals surface area contributed by atoms with Gasteiger partial charge in [0.15, 0.2) is 0 Å². The molecule has 3 rings (SSSR count). The number of rotatable bonds is 6. The summed E-state index contributed by atoms with van der Waals surface area (Å²) < 4.78 is 11.7. The number of benzene rings is 2. The second-order valence-corrected chi connectivity index (χ2v) is 6.20. The first-order chi connectivity index (χ1) is 12.0. The summed E-state index contributed by atoms with van der Waals surface area (Å²) >= 11 is 0. The summed E-state index contributed by atoms with van der Waals surface area (Å²) in [5.74, 6) is 0.605. The largest absolute Gasteiger partial charge is 0.491 e. The van der Waals surface area contributed by atoms with Gasteiger partial charge in [-0.1, -0.05) is 0 Å². The van der Waals surface area contributed by atoms with Crippen molar-refractivity contribution >= 4 is 11.4 Å². The standard InChI is InChI=1S/C18H21N3O4/c1-20(2)14-5-3-13(4-6-14)18-19-11-17(25-18)12-24-16-9-7-15(8-10-16)21(22)23/h3-10,17-19H,11-12H2,1-2H3/p+1/t17-,18-/m1/s1. The summed E-state index contributed by atoms with van der Waals surface area (Å²) in [6, 6.07) is 14.4. The SMILES string of the molecule is CN(C)c1ccc([C@@H]2[NH2+]C[C@H](COc3ccc([N+](=O)[O-])cc3)O2)cc1. The zero-order valence-electron chi connectivity index (χ0n) is 14.3. The van der Waals surface area contributed by atoms with Crippen molar-refractivity contribution in [3.05, 3.63) is 64.2 Å². The van der Waals surface area contributed by atoms with Crippen molar-refractivity contribution in [2.45, 2.75) is 12.3 Å². The molecule has 1 aliphatic heterocycles. The summed E-state index contributed by atoms with van der Waals surface area (Å²) in [7, 11) is 4.03. The minimum atomic E-state index is -0.426. The van der Waals surface area contributed by atoms with Gasteiger partial charge in [-0.3, -0.25) is 10.1 Å². The van der Waals surface area contributed by atoms with E-state index in [-0.39, 0.29) is 18.0 Å². The molecule has 2 aromatic carbocycles. The molecule has 0 spiro atoms. The Hall–Kier alpha value is -2.64. The molecule has 0 unspecified atom stereocenters. The van der Waals surface area contributed by atoms with Crippen molar-refractivity contribution in [3.8, 4) is 5.75 Å². The van der Waals surface area contributed by atoms with E-state index < -0.39 is 4.92 Å². The second-order valence-electron chi connectivity index (χ2n) is 6.20. The first kappa shape index (κ1) is 17.2. The lowest BCUT2D eigenvalue weighted by Gasteiger charge is -2.14. The highest BCUT2D eigenvalue weighted by Crippen LogP contribution is 2.21. The third kappa shape index (κ3) is 4.26. The third-order valence-electron chi connectivity index (χ3n) is 4.17. The lowest BCUT2D eigenvalue weighted by atomic mass is 10.2. The van der Waals surface area contributed by atoms with Gasteiger partial charge in [0.25, 0.3) is 5.69 Å². The number of hydrogen-bond acceptors (Lipinski definition) is 5. The lowest BCUT2D eigenvalue weighted by Crippen LogP contribution is -2.82. The van der Waals surface area contributed by atoms with Crippen LogP contribution >= 0.6 is 0 Å². The summed E-state index contributed by atoms with van der Waals surface area (Å²) in [4.78, 5) is 12.3. The number of ether oxygens (including phenoxy) is 2. The van der Waals surface area contributed by atoms with E-state index in [9.17, 15) is 10.1 Å². The van der Waals surface area contributed by atoms with Crippen LogP contribution in [0.15, 0.2) is 48.5 Å². The number of non-ortho nitro benzene ring substituents is 1. The average molecular weight is 344 g/mol. The smallest absolute Gasteiger partial charge is 0.269 e. The van der Waals surface area contributed by atoms with Crippen LogP contribution in [-0.4, -0.2) is 38.3 Å². The molecule has 0 aromatic heterocycles. The van der Waals surface area contributed by atoms with Crippen LogP contribution in [-0.2, 0) is 4.74 Å². The summed E-state index contributed by atoms with van der Waals surface area (Å²) in [6.07, 6.45) is -0.0459. The molecule has 1 saturated heterocycles. The molecule has 132 valence electrons. The molecular weight excluding hydrogens is 322 g/mol. The van der Waals surface area contributed by atoms with E-state index in [1.807, 2.05) is 14.1 Å². The molecular formula is C18H22N3O4+. The summed E-state index contributed by atoms with van der Waals surface area (Å²) in [5, 5.41) is 12.8. The van der Waals surface area contributed by atoms with Gasteiger partial charge >= 0.3 is 0 Å². The maximum absolute atomic E-state index is 10.6. The zero-order valence-corrected chi connectivity index (χ0v) is 14.3. The summed E-state index contributed by atoms with van der Waals surface area (Å²) in [6.45, 7) is 1.23. The molecule has 25 heavy (non-hydrogen) atoms. The summed E-state index contributed by atoms with van der Waals surface area (Å²) in [5.41, 5.74) is 2.34. The molecule has 0 saturated carbocycles. The topological polar surface area (TPSA) is 81.5 Å². The Morgan fingerprint density at radius 3 is 2.48 bits per heavy atom. The Labute approximate surface area is 146 Å². The Bertz CT molecular complexity index is 716. The van der Waals surface area contributed by atoms with Crippen LogP contribution in [0, 0.1) is 10.1 Å². The fraction of sp³-hybridized carbons (Fsp3) is 0.333. The number of quaternary nitrogens is 1. The highest BCUT2D eigenvalue weighted by Gasteiger charge is 2.30. The van der Waals surface area contributed by atoms with E-state index in [2.05, 4.69) is 34.5 Å². The van der Waals surface area contributed by atoms with E-state index in [1.54, 1.807) is 12.1 Å². The Kier molecular flexibility index (Phi) is 5.16. The molecule has 0 radical (unpaired) electrons. The molecule has 1 aliphatic rings. The van der Waals surface area contributed by atoms with E-state index in [1.165, 1.54) is 12.1 Å². The van der Waals surface area contributed by atoms with Crippen LogP contribution in [0.2, 0.25) is 0 Å². The maximum atomic E-state index is 10.6. The van der Waals surface area contributed by atoms with Gasteiger partial charge < -0.3 is 19.7 Å². The van der Waals surface area contributed by atoms with Crippen LogP contribution in [0.5, 0.6) is 5.75 Å². The molecule has 0 bridgehead atoms. The lowest BCUT2D eigenvalue weighted by molar-refractivity contribution is -0.697. The monoisotopic (exact) mass is 344 g/mol. The normalized spacial score (nSPS) is 19.6. The van der Waals surface area contributed by atoms with Gasteiger partial charge in [-0.05, 0) is 36.4 Å². The second kappa shape index (κ2) is 7.50. The van der Waals surface area contributed by atoms with Crippen molar-refractivity contribution in [1.82, 2.24) is 0 Å². The van der Waals surface area contributed by atoms with E-state index in [0.717, 1.165) is 17.8 Å². The van der Waals surface area contributed by atoms with Crippen molar-refractivity contribution < 1.29 is 19.7 Å². The minimum absolute atomic E-state index is 0.0197. The van der Waals surface area contributed by atoms with Crippen molar-refractivity contribution in [2.24, 2.45) is 0 Å². The van der Waals surface area contributed by atoms with E-state index in [0.29, 0.717) is 12.4 Å². The number of nitrogens with two attached hydrogens (primary N) is 1. The van der Waals surface area contributed by atoms with Crippen LogP contribution in [0.4, 0.5) is 11.4 Å². The van der Waals surface area contributed by atoms with Gasteiger partial charge in [0.2, 0.25) is 6.23 Å². The quantitative estimate of drug-likeness (QED) is 0.637. The minimum Gasteiger partial charge on any atom is -0.491 e. The predicted molar refractivity (Wildman–Crippen MR) is 93.8 cm³/mol. The maximum Gasteiger partial charge on any atom is 0.269 e. The van der Waals surface area contributed by atoms with Gasteiger partial charge in [-0.15, -0.1) is 0 Å². The van der Waals surface area contributed by atoms with Crippen molar-refractivity contribution in [2.75, 3.05) is 32.1 Å². The van der Waals surface area contributed by atoms with Crippen molar-refractivity contribution in [3.63, 3.8) is 0 Å². The van der Waals surface area contributed by atoms with Crippen molar-refractivity contribution in [1.29, 1.82) is 0 Å². The van der Waals surface area contributed by atoms with Gasteiger partial charge in [0.05, 0.1) is 4.92 Å². The van der Waals surface area contributed by atoms with Gasteiger partial charge in [0.1, 0.15) is 25.0 Å². The fourth-order valence-electron chi connectivity index (χ4n) is 2.73. The molecule has 1 fully saturated rings. The van der Waals surface area contributed by atoms with Crippen LogP contribution in [0.1, 0.15) is 11.8 Å². The number of hydrogen-bond donors (Lipinski definition) is 1. The molecule has 2 aromatic rings. The highest BCUT2D eigenvalue weighted by atomic mass is 16.6. The average Bonchev–Trinajstić information content (AvgIpc) is 3.09. The molecule has 7 heteroatoms. The van der Waals surface area contributed by atoms with Crippen LogP contribution in [0.3, 0.4) is 0 Å². The molecule has 0 aliphatic carbocycles. The number of nitrogens with zero attached hydrogens (tertiary/aromatic N) is 2. The highest BCUT2D eigenvalue weighted by molar-refractivity contribution is 5.46. The van der Waals surface area contributed by atoms with E-state index >= 15 is 0 Å². The molecule has 7 nitrogen and oxygen atoms in total. The molecule has 1 heterocycles. The number of anilines is 1. The fourth-order valence-corrected chi connectivity index (χ4v) is 2.73. The van der Waals surface area contributed by atoms with Gasteiger partial charge in [0, 0.05) is 37.5 Å². The molecule has 2 atom stereocenters. The van der Waals surface area contributed by atoms with Gasteiger partial charge in [-0.2, -0.15) is 0 Å². The van der Waals surface area contributed by atoms with Crippen LogP contribution < -0.4 is 15.0 Å². The van der Waals surface area contributed by atoms with Gasteiger partial charge in [-0.25, -0.2) is 0 Å². The van der Waals surface area contributed by atoms with Crippen LogP contribution in [0.25, 0.3) is 0 Å². The molecule has 0 amide bonds. The van der Waals surface area contributed by atoms with E-state index in [4.69, 9.17) is 9.47 Å². The first-order valence-electron chi connectivity index (χ1n) is 8.16. The Morgan fingerprint density at radius 1 is 1.20 bits per heavy atom. The number of nitro groups is 1. The third-order valence-corrected chi connectivity index (χ3v) is 4.17. The molecule has 2 N–H and O–H groups in total. The number of nitro benzene ring substituents is 1. The predicted octanol–water partition coefficient (Wildman–Crippen LogP) is 1.70. The Morgan fingerprint density at radius 2 is 1.88 bits per heavy atom.